The van der Waals surface area contributed by atoms with E-state index in [1.165, 1.54) is 38.9 Å². The minimum atomic E-state index is 0. The summed E-state index contributed by atoms with van der Waals surface area (Å²) in [7, 11) is 0. The first-order valence-electron chi connectivity index (χ1n) is 8.52. The van der Waals surface area contributed by atoms with Gasteiger partial charge in [-0.2, -0.15) is 33.4 Å². The van der Waals surface area contributed by atoms with E-state index < -0.39 is 0 Å². The van der Waals surface area contributed by atoms with Gasteiger partial charge < -0.3 is 0 Å². The van der Waals surface area contributed by atoms with Crippen LogP contribution in [0, 0.1) is 46.1 Å². The van der Waals surface area contributed by atoms with Gasteiger partial charge in [0.15, 0.2) is 0 Å². The fourth-order valence-electron chi connectivity index (χ4n) is 3.29. The molecule has 0 nitrogen and oxygen atoms in total. The number of benzene rings is 1. The fraction of sp³-hybridized carbons (Fsp3) is 0.435. The Kier molecular flexibility index (Phi) is 7.11. The molecule has 1 aliphatic rings. The smallest absolute Gasteiger partial charge is 0 e. The molecule has 0 saturated heterocycles. The van der Waals surface area contributed by atoms with E-state index >= 15 is 0 Å². The second kappa shape index (κ2) is 8.04. The first-order chi connectivity index (χ1) is 10.6. The molecule has 2 aromatic carbocycles. The second-order valence-electron chi connectivity index (χ2n) is 7.86. The fourth-order valence-corrected chi connectivity index (χ4v) is 3.29. The summed E-state index contributed by atoms with van der Waals surface area (Å²) in [5.74, 6) is 0.462. The van der Waals surface area contributed by atoms with E-state index in [0.29, 0.717) is 5.92 Å². The summed E-state index contributed by atoms with van der Waals surface area (Å²) in [5, 5.41) is 0. The van der Waals surface area contributed by atoms with Crippen molar-refractivity contribution in [1.29, 1.82) is 0 Å². The van der Waals surface area contributed by atoms with Crippen molar-refractivity contribution in [1.82, 2.24) is 0 Å². The predicted octanol–water partition coefficient (Wildman–Crippen LogP) is 6.59. The second-order valence-corrected chi connectivity index (χ2v) is 7.86. The maximum atomic E-state index is 3.44. The Balaban J connectivity index is 0.000000238. The summed E-state index contributed by atoms with van der Waals surface area (Å²) in [6.07, 6.45) is 5.55. The average Bonchev–Trinajstić information content (AvgIpc) is 3.01. The SMILES string of the molecule is CC(C)(C)C1[C-]=Cc2ccccc21.Cc1c(C)c(C)[c-](C)c1C.[Hf]. The number of hydrogen-bond acceptors (Lipinski definition) is 0. The molecule has 0 spiro atoms. The van der Waals surface area contributed by atoms with Crippen LogP contribution >= 0.6 is 0 Å². The van der Waals surface area contributed by atoms with Gasteiger partial charge in [-0.3, -0.25) is 6.08 Å². The summed E-state index contributed by atoms with van der Waals surface area (Å²) in [6.45, 7) is 17.8. The molecule has 24 heavy (non-hydrogen) atoms. The average molecular weight is 485 g/mol. The van der Waals surface area contributed by atoms with Crippen LogP contribution in [-0.4, -0.2) is 0 Å². The first kappa shape index (κ1) is 21.2. The Labute approximate surface area is 167 Å². The van der Waals surface area contributed by atoms with Gasteiger partial charge in [-0.05, 0) is 5.41 Å². The third kappa shape index (κ3) is 4.23. The molecular weight excluding hydrogens is 455 g/mol. The van der Waals surface area contributed by atoms with Crippen LogP contribution in [-0.2, 0) is 25.8 Å². The third-order valence-electron chi connectivity index (χ3n) is 5.39. The molecule has 1 aliphatic carbocycles. The zero-order chi connectivity index (χ0) is 17.4. The van der Waals surface area contributed by atoms with Gasteiger partial charge in [0, 0.05) is 25.8 Å². The quantitative estimate of drug-likeness (QED) is 0.292. The van der Waals surface area contributed by atoms with Gasteiger partial charge >= 0.3 is 0 Å². The van der Waals surface area contributed by atoms with Gasteiger partial charge in [-0.1, -0.05) is 79.5 Å². The molecule has 0 bridgehead atoms. The largest absolute Gasteiger partial charge is 0.268 e. The van der Waals surface area contributed by atoms with Crippen molar-refractivity contribution in [2.45, 2.75) is 61.3 Å². The van der Waals surface area contributed by atoms with Crippen LogP contribution in [0.5, 0.6) is 0 Å². The molecule has 0 aliphatic heterocycles. The number of rotatable bonds is 0. The van der Waals surface area contributed by atoms with Crippen molar-refractivity contribution in [3.8, 4) is 0 Å². The maximum Gasteiger partial charge on any atom is 0 e. The van der Waals surface area contributed by atoms with Crippen molar-refractivity contribution < 1.29 is 25.8 Å². The van der Waals surface area contributed by atoms with Gasteiger partial charge in [0.2, 0.25) is 0 Å². The molecule has 0 saturated carbocycles. The van der Waals surface area contributed by atoms with Crippen molar-refractivity contribution in [2.75, 3.05) is 0 Å². The molecule has 1 heteroatoms. The number of allylic oxidation sites excluding steroid dienone is 1. The van der Waals surface area contributed by atoms with Gasteiger partial charge in [-0.15, -0.1) is 11.6 Å². The summed E-state index contributed by atoms with van der Waals surface area (Å²) in [4.78, 5) is 0. The molecule has 0 N–H and O–H groups in total. The van der Waals surface area contributed by atoms with E-state index in [2.05, 4.69) is 91.8 Å². The van der Waals surface area contributed by atoms with Crippen molar-refractivity contribution in [3.05, 3.63) is 69.3 Å². The van der Waals surface area contributed by atoms with Crippen LogP contribution in [0.2, 0.25) is 0 Å². The van der Waals surface area contributed by atoms with E-state index in [-0.39, 0.29) is 31.3 Å². The van der Waals surface area contributed by atoms with Crippen molar-refractivity contribution in [3.63, 3.8) is 0 Å². The molecule has 0 heterocycles. The van der Waals surface area contributed by atoms with E-state index in [9.17, 15) is 0 Å². The molecule has 0 amide bonds. The Morgan fingerprint density at radius 2 is 1.42 bits per heavy atom. The van der Waals surface area contributed by atoms with Gasteiger partial charge in [0.05, 0.1) is 0 Å². The molecule has 128 valence electrons. The summed E-state index contributed by atoms with van der Waals surface area (Å²) in [5.41, 5.74) is 10.4. The van der Waals surface area contributed by atoms with Crippen molar-refractivity contribution >= 4 is 6.08 Å². The summed E-state index contributed by atoms with van der Waals surface area (Å²) >= 11 is 0. The Hall–Kier alpha value is -0.820. The maximum absolute atomic E-state index is 3.44. The van der Waals surface area contributed by atoms with Gasteiger partial charge in [0.1, 0.15) is 0 Å². The van der Waals surface area contributed by atoms with Crippen LogP contribution < -0.4 is 0 Å². The van der Waals surface area contributed by atoms with E-state index in [1.807, 2.05) is 0 Å². The van der Waals surface area contributed by atoms with Crippen LogP contribution in [0.15, 0.2) is 24.3 Å². The van der Waals surface area contributed by atoms with Crippen molar-refractivity contribution in [2.24, 2.45) is 5.41 Å². The molecule has 0 fully saturated rings. The Morgan fingerprint density at radius 3 is 1.83 bits per heavy atom. The molecule has 3 rings (SSSR count). The Morgan fingerprint density at radius 1 is 0.917 bits per heavy atom. The first-order valence-corrected chi connectivity index (χ1v) is 8.52. The molecule has 0 aromatic heterocycles. The topological polar surface area (TPSA) is 0 Å². The van der Waals surface area contributed by atoms with Gasteiger partial charge in [-0.25, -0.2) is 6.08 Å². The summed E-state index contributed by atoms with van der Waals surface area (Å²) < 4.78 is 0. The van der Waals surface area contributed by atoms with E-state index in [1.54, 1.807) is 0 Å². The van der Waals surface area contributed by atoms with E-state index in [4.69, 9.17) is 0 Å². The molecule has 2 aromatic rings. The van der Waals surface area contributed by atoms with Crippen LogP contribution in [0.3, 0.4) is 0 Å². The predicted molar refractivity (Wildman–Crippen MR) is 102 cm³/mol. The normalized spacial score (nSPS) is 15.4. The third-order valence-corrected chi connectivity index (χ3v) is 5.39. The van der Waals surface area contributed by atoms with Crippen LogP contribution in [0.25, 0.3) is 6.08 Å². The minimum Gasteiger partial charge on any atom is -0.268 e. The van der Waals surface area contributed by atoms with Gasteiger partial charge in [0.25, 0.3) is 0 Å². The minimum absolute atomic E-state index is 0. The monoisotopic (exact) mass is 486 g/mol. The van der Waals surface area contributed by atoms with E-state index in [0.717, 1.165) is 0 Å². The van der Waals surface area contributed by atoms with Crippen LogP contribution in [0.1, 0.15) is 65.6 Å². The molecule has 1 unspecified atom stereocenters. The zero-order valence-corrected chi connectivity index (χ0v) is 20.1. The van der Waals surface area contributed by atoms with Crippen LogP contribution in [0.4, 0.5) is 0 Å². The number of fused-ring (bicyclic) bond motifs is 1. The standard InChI is InChI=1S/C13H15.C10H15.Hf/c1-13(2,3)12-9-8-10-6-4-5-7-11(10)12;1-6-7(2)9(4)10(5)8(6)3;/h4-8,12H,1-3H3;1-5H3;/q2*-1;. The zero-order valence-electron chi connectivity index (χ0n) is 16.5. The summed E-state index contributed by atoms with van der Waals surface area (Å²) in [6, 6.07) is 8.57. The molecule has 0 radical (unpaired) electrons. The molecular formula is C23H30Hf-2. The molecule has 1 atom stereocenters. The Bertz CT molecular complexity index is 643. The number of hydrogen-bond donors (Lipinski definition) is 0.